The largest absolute Gasteiger partial charge is 0.496 e. The van der Waals surface area contributed by atoms with Gasteiger partial charge in [0.25, 0.3) is 0 Å². The molecule has 1 atom stereocenters. The molecule has 5 heteroatoms. The Morgan fingerprint density at radius 2 is 2.05 bits per heavy atom. The van der Waals surface area contributed by atoms with E-state index in [0.717, 1.165) is 0 Å². The molecule has 0 heterocycles. The second-order valence-corrected chi connectivity index (χ2v) is 5.76. The minimum absolute atomic E-state index is 0.121. The number of carbonyl (C=O) groups is 1. The van der Waals surface area contributed by atoms with Crippen LogP contribution in [-0.4, -0.2) is 25.1 Å². The first kappa shape index (κ1) is 16.4. The summed E-state index contributed by atoms with van der Waals surface area (Å²) in [5.41, 5.74) is 0.149. The molecule has 0 aliphatic carbocycles. The summed E-state index contributed by atoms with van der Waals surface area (Å²) in [6.45, 7) is 7.65. The zero-order chi connectivity index (χ0) is 15.3. The maximum Gasteiger partial charge on any atom is 0.234 e. The number of nitrogens with one attached hydrogen (secondary N) is 2. The molecule has 1 rings (SSSR count). The van der Waals surface area contributed by atoms with Crippen molar-refractivity contribution in [1.29, 1.82) is 0 Å². The van der Waals surface area contributed by atoms with Crippen molar-refractivity contribution in [1.82, 2.24) is 10.6 Å². The lowest BCUT2D eigenvalue weighted by Gasteiger charge is -2.22. The van der Waals surface area contributed by atoms with Gasteiger partial charge in [0.15, 0.2) is 0 Å². The summed E-state index contributed by atoms with van der Waals surface area (Å²) in [6, 6.07) is 4.35. The number of amides is 1. The standard InChI is InChI=1S/C15H23FN2O2/c1-10(17-9-13(19)18-15(2,3)4)14-11(16)7-6-8-12(14)20-5/h6-8,10,17H,9H2,1-5H3,(H,18,19). The maximum absolute atomic E-state index is 13.9. The molecule has 0 aliphatic heterocycles. The molecule has 2 N–H and O–H groups in total. The van der Waals surface area contributed by atoms with Crippen LogP contribution in [0.3, 0.4) is 0 Å². The molecule has 112 valence electrons. The van der Waals surface area contributed by atoms with Crippen LogP contribution in [0.1, 0.15) is 39.3 Å². The van der Waals surface area contributed by atoms with Gasteiger partial charge in [-0.15, -0.1) is 0 Å². The van der Waals surface area contributed by atoms with Crippen molar-refractivity contribution in [2.45, 2.75) is 39.3 Å². The minimum Gasteiger partial charge on any atom is -0.496 e. The first-order valence-corrected chi connectivity index (χ1v) is 6.61. The quantitative estimate of drug-likeness (QED) is 0.872. The SMILES string of the molecule is COc1cccc(F)c1C(C)NCC(=O)NC(C)(C)C. The second-order valence-electron chi connectivity index (χ2n) is 5.76. The van der Waals surface area contributed by atoms with E-state index in [-0.39, 0.29) is 29.8 Å². The fraction of sp³-hybridized carbons (Fsp3) is 0.533. The number of rotatable bonds is 5. The smallest absolute Gasteiger partial charge is 0.234 e. The number of benzene rings is 1. The molecule has 0 spiro atoms. The van der Waals surface area contributed by atoms with Crippen LogP contribution >= 0.6 is 0 Å². The predicted molar refractivity (Wildman–Crippen MR) is 77.3 cm³/mol. The summed E-state index contributed by atoms with van der Waals surface area (Å²) in [4.78, 5) is 11.7. The van der Waals surface area contributed by atoms with Crippen molar-refractivity contribution in [2.24, 2.45) is 0 Å². The summed E-state index contributed by atoms with van der Waals surface area (Å²) in [7, 11) is 1.50. The highest BCUT2D eigenvalue weighted by atomic mass is 19.1. The van der Waals surface area contributed by atoms with Crippen molar-refractivity contribution < 1.29 is 13.9 Å². The number of methoxy groups -OCH3 is 1. The Bertz CT molecular complexity index is 469. The zero-order valence-corrected chi connectivity index (χ0v) is 12.7. The molecule has 0 aliphatic rings. The number of halogens is 1. The van der Waals surface area contributed by atoms with Crippen LogP contribution in [0.4, 0.5) is 4.39 Å². The van der Waals surface area contributed by atoms with Crippen LogP contribution in [0.15, 0.2) is 18.2 Å². The van der Waals surface area contributed by atoms with Gasteiger partial charge in [-0.05, 0) is 39.8 Å². The van der Waals surface area contributed by atoms with E-state index in [9.17, 15) is 9.18 Å². The number of ether oxygens (including phenoxy) is 1. The minimum atomic E-state index is -0.347. The molecular formula is C15H23FN2O2. The van der Waals surface area contributed by atoms with Gasteiger partial charge in [-0.2, -0.15) is 0 Å². The first-order chi connectivity index (χ1) is 9.24. The third kappa shape index (κ3) is 4.81. The van der Waals surface area contributed by atoms with E-state index in [1.54, 1.807) is 19.1 Å². The average molecular weight is 282 g/mol. The van der Waals surface area contributed by atoms with Crippen LogP contribution < -0.4 is 15.4 Å². The summed E-state index contributed by atoms with van der Waals surface area (Å²) in [6.07, 6.45) is 0. The third-order valence-corrected chi connectivity index (χ3v) is 2.75. The number of hydrogen-bond donors (Lipinski definition) is 2. The van der Waals surface area contributed by atoms with Crippen LogP contribution in [0.25, 0.3) is 0 Å². The maximum atomic E-state index is 13.9. The molecule has 1 unspecified atom stereocenters. The average Bonchev–Trinajstić information content (AvgIpc) is 2.33. The molecular weight excluding hydrogens is 259 g/mol. The highest BCUT2D eigenvalue weighted by Gasteiger charge is 2.18. The fourth-order valence-corrected chi connectivity index (χ4v) is 1.93. The van der Waals surface area contributed by atoms with Gasteiger partial charge < -0.3 is 15.4 Å². The molecule has 0 aromatic heterocycles. The first-order valence-electron chi connectivity index (χ1n) is 6.61. The van der Waals surface area contributed by atoms with E-state index in [0.29, 0.717) is 11.3 Å². The van der Waals surface area contributed by atoms with E-state index in [1.165, 1.54) is 13.2 Å². The summed E-state index contributed by atoms with van der Waals surface area (Å²) < 4.78 is 19.0. The number of carbonyl (C=O) groups excluding carboxylic acids is 1. The van der Waals surface area contributed by atoms with E-state index in [4.69, 9.17) is 4.74 Å². The lowest BCUT2D eigenvalue weighted by atomic mass is 10.1. The van der Waals surface area contributed by atoms with Crippen LogP contribution in [0, 0.1) is 5.82 Å². The van der Waals surface area contributed by atoms with E-state index >= 15 is 0 Å². The van der Waals surface area contributed by atoms with Crippen LogP contribution in [-0.2, 0) is 4.79 Å². The van der Waals surface area contributed by atoms with Gasteiger partial charge in [0, 0.05) is 17.1 Å². The normalized spacial score (nSPS) is 12.9. The molecule has 1 aromatic rings. The fourth-order valence-electron chi connectivity index (χ4n) is 1.93. The summed E-state index contributed by atoms with van der Waals surface area (Å²) in [5, 5.41) is 5.85. The van der Waals surface area contributed by atoms with Crippen molar-refractivity contribution in [3.05, 3.63) is 29.6 Å². The highest BCUT2D eigenvalue weighted by molar-refractivity contribution is 5.78. The highest BCUT2D eigenvalue weighted by Crippen LogP contribution is 2.27. The Morgan fingerprint density at radius 3 is 2.60 bits per heavy atom. The van der Waals surface area contributed by atoms with E-state index < -0.39 is 0 Å². The van der Waals surface area contributed by atoms with Gasteiger partial charge in [0.2, 0.25) is 5.91 Å². The van der Waals surface area contributed by atoms with Crippen molar-refractivity contribution >= 4 is 5.91 Å². The van der Waals surface area contributed by atoms with Crippen LogP contribution in [0.5, 0.6) is 5.75 Å². The van der Waals surface area contributed by atoms with Crippen LogP contribution in [0.2, 0.25) is 0 Å². The molecule has 20 heavy (non-hydrogen) atoms. The molecule has 1 aromatic carbocycles. The van der Waals surface area contributed by atoms with Gasteiger partial charge >= 0.3 is 0 Å². The molecule has 0 bridgehead atoms. The van der Waals surface area contributed by atoms with Crippen molar-refractivity contribution in [3.8, 4) is 5.75 Å². The molecule has 0 fully saturated rings. The molecule has 0 radical (unpaired) electrons. The monoisotopic (exact) mass is 282 g/mol. The van der Waals surface area contributed by atoms with Gasteiger partial charge in [-0.1, -0.05) is 6.07 Å². The van der Waals surface area contributed by atoms with Gasteiger partial charge in [-0.3, -0.25) is 4.79 Å². The van der Waals surface area contributed by atoms with Crippen molar-refractivity contribution in [2.75, 3.05) is 13.7 Å². The molecule has 0 saturated carbocycles. The topological polar surface area (TPSA) is 50.4 Å². The van der Waals surface area contributed by atoms with E-state index in [2.05, 4.69) is 10.6 Å². The molecule has 4 nitrogen and oxygen atoms in total. The Kier molecular flexibility index (Phi) is 5.51. The zero-order valence-electron chi connectivity index (χ0n) is 12.7. The Balaban J connectivity index is 2.68. The number of hydrogen-bond acceptors (Lipinski definition) is 3. The Labute approximate surface area is 119 Å². The van der Waals surface area contributed by atoms with Gasteiger partial charge in [0.1, 0.15) is 11.6 Å². The Hall–Kier alpha value is -1.62. The van der Waals surface area contributed by atoms with Gasteiger partial charge in [0.05, 0.1) is 13.7 Å². The predicted octanol–water partition coefficient (Wildman–Crippen LogP) is 2.40. The molecule has 0 saturated heterocycles. The second kappa shape index (κ2) is 6.70. The molecule has 1 amide bonds. The van der Waals surface area contributed by atoms with E-state index in [1.807, 2.05) is 20.8 Å². The lowest BCUT2D eigenvalue weighted by Crippen LogP contribution is -2.45. The Morgan fingerprint density at radius 1 is 1.40 bits per heavy atom. The third-order valence-electron chi connectivity index (χ3n) is 2.75. The summed E-state index contributed by atoms with van der Waals surface area (Å²) >= 11 is 0. The lowest BCUT2D eigenvalue weighted by molar-refractivity contribution is -0.121. The van der Waals surface area contributed by atoms with Crippen molar-refractivity contribution in [3.63, 3.8) is 0 Å². The van der Waals surface area contributed by atoms with Gasteiger partial charge in [-0.25, -0.2) is 4.39 Å². The summed E-state index contributed by atoms with van der Waals surface area (Å²) in [5.74, 6) is 0.00136.